The molecule has 3 aromatic carbocycles. The van der Waals surface area contributed by atoms with Gasteiger partial charge in [0.25, 0.3) is 0 Å². The maximum absolute atomic E-state index is 13.3. The van der Waals surface area contributed by atoms with Crippen LogP contribution in [-0.2, 0) is 14.8 Å². The van der Waals surface area contributed by atoms with Gasteiger partial charge in [-0.15, -0.1) is 0 Å². The number of carbonyl (C=O) groups is 1. The van der Waals surface area contributed by atoms with Crippen LogP contribution in [0.5, 0.6) is 5.75 Å². The Morgan fingerprint density at radius 2 is 1.50 bits per heavy atom. The van der Waals surface area contributed by atoms with Gasteiger partial charge in [0, 0.05) is 32.7 Å². The van der Waals surface area contributed by atoms with E-state index >= 15 is 0 Å². The molecule has 0 atom stereocenters. The lowest BCUT2D eigenvalue weighted by Gasteiger charge is -2.40. The molecule has 1 amide bonds. The zero-order valence-corrected chi connectivity index (χ0v) is 23.4. The highest BCUT2D eigenvalue weighted by Gasteiger charge is 2.31. The van der Waals surface area contributed by atoms with Gasteiger partial charge in [-0.3, -0.25) is 9.69 Å². The molecule has 1 heterocycles. The van der Waals surface area contributed by atoms with E-state index in [-0.39, 0.29) is 35.0 Å². The Labute approximate surface area is 230 Å². The van der Waals surface area contributed by atoms with Gasteiger partial charge in [-0.25, -0.2) is 8.42 Å². The SMILES string of the molecule is CCOc1ccc(S(=O)(=O)N(CC)CC(=O)N2CCN(C(c3ccccc3)c3ccccc3)CC2)cc1Cl. The van der Waals surface area contributed by atoms with Gasteiger partial charge in [0.1, 0.15) is 5.75 Å². The van der Waals surface area contributed by atoms with Crippen LogP contribution in [0.2, 0.25) is 5.02 Å². The van der Waals surface area contributed by atoms with E-state index in [1.165, 1.54) is 27.6 Å². The summed E-state index contributed by atoms with van der Waals surface area (Å²) in [5.41, 5.74) is 2.41. The van der Waals surface area contributed by atoms with E-state index in [2.05, 4.69) is 29.2 Å². The third-order valence-corrected chi connectivity index (χ3v) is 8.98. The van der Waals surface area contributed by atoms with E-state index in [9.17, 15) is 13.2 Å². The predicted octanol–water partition coefficient (Wildman–Crippen LogP) is 4.68. The molecule has 0 aliphatic carbocycles. The van der Waals surface area contributed by atoms with Crippen molar-refractivity contribution in [2.75, 3.05) is 45.9 Å². The van der Waals surface area contributed by atoms with Crippen molar-refractivity contribution in [1.82, 2.24) is 14.1 Å². The summed E-state index contributed by atoms with van der Waals surface area (Å²) < 4.78 is 33.2. The van der Waals surface area contributed by atoms with Crippen LogP contribution in [0.15, 0.2) is 83.8 Å². The van der Waals surface area contributed by atoms with Crippen molar-refractivity contribution in [1.29, 1.82) is 0 Å². The molecular formula is C29H34ClN3O4S. The number of sulfonamides is 1. The maximum atomic E-state index is 13.3. The molecule has 0 aromatic heterocycles. The van der Waals surface area contributed by atoms with E-state index in [4.69, 9.17) is 16.3 Å². The monoisotopic (exact) mass is 555 g/mol. The molecule has 38 heavy (non-hydrogen) atoms. The van der Waals surface area contributed by atoms with Crippen LogP contribution in [-0.4, -0.2) is 74.3 Å². The third kappa shape index (κ3) is 6.38. The van der Waals surface area contributed by atoms with Crippen molar-refractivity contribution in [2.45, 2.75) is 24.8 Å². The van der Waals surface area contributed by atoms with Crippen LogP contribution in [0.4, 0.5) is 0 Å². The summed E-state index contributed by atoms with van der Waals surface area (Å²) in [6, 6.07) is 25.2. The first-order valence-electron chi connectivity index (χ1n) is 12.9. The van der Waals surface area contributed by atoms with Crippen molar-refractivity contribution < 1.29 is 17.9 Å². The number of piperazine rings is 1. The van der Waals surface area contributed by atoms with Crippen molar-refractivity contribution >= 4 is 27.5 Å². The first-order valence-corrected chi connectivity index (χ1v) is 14.7. The van der Waals surface area contributed by atoms with E-state index in [0.717, 1.165) is 0 Å². The molecule has 1 fully saturated rings. The molecule has 9 heteroatoms. The van der Waals surface area contributed by atoms with Crippen molar-refractivity contribution in [2.24, 2.45) is 0 Å². The third-order valence-electron chi connectivity index (χ3n) is 6.77. The van der Waals surface area contributed by atoms with Gasteiger partial charge in [-0.05, 0) is 36.2 Å². The number of likely N-dealkylation sites (N-methyl/N-ethyl adjacent to an activating group) is 1. The summed E-state index contributed by atoms with van der Waals surface area (Å²) in [4.78, 5) is 17.4. The van der Waals surface area contributed by atoms with Crippen molar-refractivity contribution in [3.8, 4) is 5.75 Å². The molecule has 7 nitrogen and oxygen atoms in total. The molecule has 1 aliphatic heterocycles. The normalized spacial score (nSPS) is 14.7. The molecule has 0 N–H and O–H groups in total. The van der Waals surface area contributed by atoms with Crippen LogP contribution in [0.1, 0.15) is 31.0 Å². The quantitative estimate of drug-likeness (QED) is 0.363. The molecule has 0 spiro atoms. The summed E-state index contributed by atoms with van der Waals surface area (Å²) >= 11 is 6.23. The van der Waals surface area contributed by atoms with E-state index in [0.29, 0.717) is 38.5 Å². The summed E-state index contributed by atoms with van der Waals surface area (Å²) in [5, 5.41) is 0.220. The summed E-state index contributed by atoms with van der Waals surface area (Å²) in [6.07, 6.45) is 0. The lowest BCUT2D eigenvalue weighted by molar-refractivity contribution is -0.133. The molecule has 1 aliphatic rings. The van der Waals surface area contributed by atoms with Crippen LogP contribution < -0.4 is 4.74 Å². The minimum Gasteiger partial charge on any atom is -0.492 e. The Balaban J connectivity index is 1.43. The molecule has 4 rings (SSSR count). The van der Waals surface area contributed by atoms with Crippen LogP contribution >= 0.6 is 11.6 Å². The summed E-state index contributed by atoms with van der Waals surface area (Å²) in [6.45, 7) is 6.36. The van der Waals surface area contributed by atoms with Gasteiger partial charge >= 0.3 is 0 Å². The predicted molar refractivity (Wildman–Crippen MR) is 150 cm³/mol. The Bertz CT molecular complexity index is 1270. The fourth-order valence-electron chi connectivity index (χ4n) is 4.80. The first-order chi connectivity index (χ1) is 18.3. The van der Waals surface area contributed by atoms with Crippen LogP contribution in [0.25, 0.3) is 0 Å². The second kappa shape index (κ2) is 12.8. The fourth-order valence-corrected chi connectivity index (χ4v) is 6.52. The zero-order chi connectivity index (χ0) is 27.1. The Kier molecular flexibility index (Phi) is 9.44. The average molecular weight is 556 g/mol. The van der Waals surface area contributed by atoms with E-state index < -0.39 is 10.0 Å². The van der Waals surface area contributed by atoms with Crippen LogP contribution in [0, 0.1) is 0 Å². The Morgan fingerprint density at radius 3 is 2.00 bits per heavy atom. The Hall–Kier alpha value is -2.91. The number of ether oxygens (including phenoxy) is 1. The lowest BCUT2D eigenvalue weighted by atomic mass is 9.96. The number of halogens is 1. The van der Waals surface area contributed by atoms with E-state index in [1.807, 2.05) is 43.3 Å². The fraction of sp³-hybridized carbons (Fsp3) is 0.345. The number of nitrogens with zero attached hydrogens (tertiary/aromatic N) is 3. The number of rotatable bonds is 10. The number of benzene rings is 3. The van der Waals surface area contributed by atoms with Gasteiger partial charge in [-0.2, -0.15) is 4.31 Å². The first kappa shape index (κ1) is 28.1. The number of amides is 1. The van der Waals surface area contributed by atoms with Crippen LogP contribution in [0.3, 0.4) is 0 Å². The lowest BCUT2D eigenvalue weighted by Crippen LogP contribution is -2.52. The summed E-state index contributed by atoms with van der Waals surface area (Å²) in [7, 11) is -3.90. The minimum atomic E-state index is -3.90. The smallest absolute Gasteiger partial charge is 0.243 e. The minimum absolute atomic E-state index is 0.0407. The number of hydrogen-bond acceptors (Lipinski definition) is 5. The molecule has 0 radical (unpaired) electrons. The number of carbonyl (C=O) groups excluding carboxylic acids is 1. The van der Waals surface area contributed by atoms with Gasteiger partial charge in [-0.1, -0.05) is 79.2 Å². The van der Waals surface area contributed by atoms with Gasteiger partial charge in [0.15, 0.2) is 0 Å². The van der Waals surface area contributed by atoms with Gasteiger partial charge < -0.3 is 9.64 Å². The maximum Gasteiger partial charge on any atom is 0.243 e. The zero-order valence-electron chi connectivity index (χ0n) is 21.8. The molecule has 0 unspecified atom stereocenters. The highest BCUT2D eigenvalue weighted by molar-refractivity contribution is 7.89. The molecule has 0 bridgehead atoms. The molecular weight excluding hydrogens is 522 g/mol. The number of hydrogen-bond donors (Lipinski definition) is 0. The van der Waals surface area contributed by atoms with Gasteiger partial charge in [0.05, 0.1) is 29.1 Å². The second-order valence-corrected chi connectivity index (χ2v) is 11.4. The van der Waals surface area contributed by atoms with Gasteiger partial charge in [0.2, 0.25) is 15.9 Å². The van der Waals surface area contributed by atoms with Crippen molar-refractivity contribution in [3.63, 3.8) is 0 Å². The molecule has 3 aromatic rings. The van der Waals surface area contributed by atoms with Crippen molar-refractivity contribution in [3.05, 3.63) is 95.0 Å². The topological polar surface area (TPSA) is 70.2 Å². The molecule has 1 saturated heterocycles. The highest BCUT2D eigenvalue weighted by atomic mass is 35.5. The Morgan fingerprint density at radius 1 is 0.921 bits per heavy atom. The molecule has 0 saturated carbocycles. The summed E-state index contributed by atoms with van der Waals surface area (Å²) in [5.74, 6) is 0.220. The van der Waals surface area contributed by atoms with E-state index in [1.54, 1.807) is 17.9 Å². The molecule has 202 valence electrons. The highest BCUT2D eigenvalue weighted by Crippen LogP contribution is 2.30. The average Bonchev–Trinajstić information content (AvgIpc) is 2.94. The largest absolute Gasteiger partial charge is 0.492 e. The second-order valence-electron chi connectivity index (χ2n) is 9.10. The standard InChI is InChI=1S/C29H34ClN3O4S/c1-3-33(38(35,36)25-15-16-27(37-4-2)26(30)21-25)22-28(34)31-17-19-32(20-18-31)29(23-11-7-5-8-12-23)24-13-9-6-10-14-24/h5-16,21,29H,3-4,17-20,22H2,1-2H3.